The third-order valence-corrected chi connectivity index (χ3v) is 6.39. The minimum Gasteiger partial charge on any atom is -0.337 e. The maximum Gasteiger partial charge on any atom is 0.328 e. The molecule has 0 aliphatic heterocycles. The van der Waals surface area contributed by atoms with Gasteiger partial charge in [0, 0.05) is 25.2 Å². The summed E-state index contributed by atoms with van der Waals surface area (Å²) in [6.07, 6.45) is 0. The molecule has 0 fully saturated rings. The van der Waals surface area contributed by atoms with Crippen molar-refractivity contribution in [1.82, 2.24) is 19.1 Å². The molecule has 0 unspecified atom stereocenters. The molecule has 0 saturated heterocycles. The van der Waals surface area contributed by atoms with E-state index in [4.69, 9.17) is 4.98 Å². The third-order valence-electron chi connectivity index (χ3n) is 5.51. The van der Waals surface area contributed by atoms with Gasteiger partial charge in [0.1, 0.15) is 5.82 Å². The summed E-state index contributed by atoms with van der Waals surface area (Å²) in [7, 11) is 3.61. The lowest BCUT2D eigenvalue weighted by molar-refractivity contribution is 0.795. The fourth-order valence-electron chi connectivity index (χ4n) is 4.09. The summed E-state index contributed by atoms with van der Waals surface area (Å²) < 4.78 is 3.36. The summed E-state index contributed by atoms with van der Waals surface area (Å²) in [5, 5.41) is 2.06. The molecule has 6 heteroatoms. The number of H-pyrrole nitrogens is 1. The average molecular weight is 415 g/mol. The highest BCUT2D eigenvalue weighted by molar-refractivity contribution is 7.13. The van der Waals surface area contributed by atoms with Gasteiger partial charge in [-0.1, -0.05) is 29.3 Å². The predicted molar refractivity (Wildman–Crippen MR) is 124 cm³/mol. The summed E-state index contributed by atoms with van der Waals surface area (Å²) in [6.45, 7) is 4.21. The molecule has 5 aromatic rings. The number of aryl methyl sites for hydroxylation is 4. The summed E-state index contributed by atoms with van der Waals surface area (Å²) in [6, 6.07) is 16.7. The second kappa shape index (κ2) is 6.85. The van der Waals surface area contributed by atoms with Crippen molar-refractivity contribution in [3.8, 4) is 33.2 Å². The number of rotatable bonds is 3. The molecule has 0 amide bonds. The molecule has 5 nitrogen and oxygen atoms in total. The van der Waals surface area contributed by atoms with E-state index in [0.29, 0.717) is 0 Å². The van der Waals surface area contributed by atoms with Gasteiger partial charge in [-0.15, -0.1) is 11.3 Å². The number of aromatic nitrogens is 4. The van der Waals surface area contributed by atoms with Crippen LogP contribution < -0.4 is 5.69 Å². The summed E-state index contributed by atoms with van der Waals surface area (Å²) in [5.74, 6) is 0.858. The van der Waals surface area contributed by atoms with Crippen LogP contribution in [-0.4, -0.2) is 19.1 Å². The van der Waals surface area contributed by atoms with Crippen molar-refractivity contribution in [3.05, 3.63) is 75.5 Å². The van der Waals surface area contributed by atoms with Crippen LogP contribution >= 0.6 is 11.3 Å². The van der Waals surface area contributed by atoms with Gasteiger partial charge in [-0.2, -0.15) is 0 Å². The van der Waals surface area contributed by atoms with E-state index < -0.39 is 0 Å². The summed E-state index contributed by atoms with van der Waals surface area (Å²) in [4.78, 5) is 22.0. The van der Waals surface area contributed by atoms with Crippen LogP contribution in [0.25, 0.3) is 44.2 Å². The molecule has 30 heavy (non-hydrogen) atoms. The van der Waals surface area contributed by atoms with E-state index in [1.165, 1.54) is 11.1 Å². The Balaban J connectivity index is 1.77. The first-order chi connectivity index (χ1) is 14.4. The Morgan fingerprint density at radius 2 is 1.63 bits per heavy atom. The van der Waals surface area contributed by atoms with Gasteiger partial charge < -0.3 is 4.98 Å². The SMILES string of the molecule is Cc1cc(C)cc(-c2nc(-c3cccs3)[nH]c2-c2ccc3c(c2)n(C)c(=O)n3C)c1. The van der Waals surface area contributed by atoms with Crippen molar-refractivity contribution in [2.75, 3.05) is 0 Å². The number of hydrogen-bond acceptors (Lipinski definition) is 3. The maximum atomic E-state index is 12.4. The van der Waals surface area contributed by atoms with E-state index in [-0.39, 0.29) is 5.69 Å². The van der Waals surface area contributed by atoms with E-state index in [2.05, 4.69) is 60.6 Å². The van der Waals surface area contributed by atoms with Crippen molar-refractivity contribution in [2.45, 2.75) is 13.8 Å². The van der Waals surface area contributed by atoms with Crippen molar-refractivity contribution < 1.29 is 0 Å². The van der Waals surface area contributed by atoms with Gasteiger partial charge in [0.05, 0.1) is 27.3 Å². The first-order valence-electron chi connectivity index (χ1n) is 9.81. The van der Waals surface area contributed by atoms with E-state index in [1.54, 1.807) is 27.5 Å². The van der Waals surface area contributed by atoms with E-state index in [1.807, 2.05) is 19.2 Å². The fraction of sp³-hybridized carbons (Fsp3) is 0.167. The molecule has 3 heterocycles. The number of fused-ring (bicyclic) bond motifs is 1. The van der Waals surface area contributed by atoms with Gasteiger partial charge in [0.15, 0.2) is 0 Å². The number of nitrogens with one attached hydrogen (secondary N) is 1. The molecular weight excluding hydrogens is 392 g/mol. The molecular formula is C24H22N4OS. The van der Waals surface area contributed by atoms with E-state index >= 15 is 0 Å². The first kappa shape index (κ1) is 18.6. The van der Waals surface area contributed by atoms with Crippen LogP contribution in [0.4, 0.5) is 0 Å². The Hall–Kier alpha value is -3.38. The Kier molecular flexibility index (Phi) is 4.25. The molecule has 3 aromatic heterocycles. The van der Waals surface area contributed by atoms with Crippen molar-refractivity contribution >= 4 is 22.4 Å². The van der Waals surface area contributed by atoms with Crippen molar-refractivity contribution in [1.29, 1.82) is 0 Å². The quantitative estimate of drug-likeness (QED) is 0.437. The molecule has 0 spiro atoms. The van der Waals surface area contributed by atoms with Gasteiger partial charge in [0.2, 0.25) is 0 Å². The lowest BCUT2D eigenvalue weighted by Gasteiger charge is -2.07. The Labute approximate surface area is 178 Å². The second-order valence-electron chi connectivity index (χ2n) is 7.77. The van der Waals surface area contributed by atoms with Crippen LogP contribution in [0.15, 0.2) is 58.7 Å². The van der Waals surface area contributed by atoms with Gasteiger partial charge >= 0.3 is 5.69 Å². The molecule has 0 aliphatic rings. The van der Waals surface area contributed by atoms with Crippen LogP contribution in [0.5, 0.6) is 0 Å². The molecule has 5 rings (SSSR count). The van der Waals surface area contributed by atoms with Crippen LogP contribution in [0.2, 0.25) is 0 Å². The Morgan fingerprint density at radius 1 is 0.900 bits per heavy atom. The number of thiophene rings is 1. The zero-order valence-corrected chi connectivity index (χ0v) is 18.2. The van der Waals surface area contributed by atoms with Gasteiger partial charge in [0.25, 0.3) is 0 Å². The van der Waals surface area contributed by atoms with Gasteiger partial charge in [-0.05, 0) is 49.6 Å². The summed E-state index contributed by atoms with van der Waals surface area (Å²) in [5.41, 5.74) is 8.18. The number of aromatic amines is 1. The lowest BCUT2D eigenvalue weighted by Crippen LogP contribution is -2.19. The minimum atomic E-state index is -0.0273. The normalized spacial score (nSPS) is 11.5. The molecule has 0 atom stereocenters. The van der Waals surface area contributed by atoms with E-state index in [0.717, 1.165) is 44.2 Å². The highest BCUT2D eigenvalue weighted by Crippen LogP contribution is 2.36. The minimum absolute atomic E-state index is 0.0273. The zero-order chi connectivity index (χ0) is 21.0. The molecule has 0 radical (unpaired) electrons. The van der Waals surface area contributed by atoms with Crippen LogP contribution in [-0.2, 0) is 14.1 Å². The Morgan fingerprint density at radius 3 is 2.33 bits per heavy atom. The molecule has 1 N–H and O–H groups in total. The van der Waals surface area contributed by atoms with Crippen molar-refractivity contribution in [3.63, 3.8) is 0 Å². The van der Waals surface area contributed by atoms with Crippen LogP contribution in [0.3, 0.4) is 0 Å². The smallest absolute Gasteiger partial charge is 0.328 e. The molecule has 150 valence electrons. The lowest BCUT2D eigenvalue weighted by atomic mass is 10.0. The topological polar surface area (TPSA) is 55.6 Å². The van der Waals surface area contributed by atoms with Gasteiger partial charge in [-0.25, -0.2) is 9.78 Å². The molecule has 0 aliphatic carbocycles. The standard InChI is InChI=1S/C24H22N4OS/c1-14-10-15(2)12-17(11-14)22-21(25-23(26-22)20-6-5-9-30-20)16-7-8-18-19(13-16)28(4)24(29)27(18)3/h5-13H,1-4H3,(H,25,26). The maximum absolute atomic E-state index is 12.4. The first-order valence-corrected chi connectivity index (χ1v) is 10.7. The predicted octanol–water partition coefficient (Wildman–Crippen LogP) is 5.28. The van der Waals surface area contributed by atoms with Crippen LogP contribution in [0.1, 0.15) is 11.1 Å². The van der Waals surface area contributed by atoms with Gasteiger partial charge in [-0.3, -0.25) is 9.13 Å². The third kappa shape index (κ3) is 2.92. The highest BCUT2D eigenvalue weighted by atomic mass is 32.1. The van der Waals surface area contributed by atoms with Crippen molar-refractivity contribution in [2.24, 2.45) is 14.1 Å². The second-order valence-corrected chi connectivity index (χ2v) is 8.71. The molecule has 0 bridgehead atoms. The summed E-state index contributed by atoms with van der Waals surface area (Å²) >= 11 is 1.66. The monoisotopic (exact) mass is 414 g/mol. The van der Waals surface area contributed by atoms with Crippen LogP contribution in [0, 0.1) is 13.8 Å². The fourth-order valence-corrected chi connectivity index (χ4v) is 4.76. The molecule has 0 saturated carbocycles. The highest BCUT2D eigenvalue weighted by Gasteiger charge is 2.18. The Bertz CT molecular complexity index is 1430. The number of nitrogens with zero attached hydrogens (tertiary/aromatic N) is 3. The largest absolute Gasteiger partial charge is 0.337 e. The zero-order valence-electron chi connectivity index (χ0n) is 17.4. The number of benzene rings is 2. The van der Waals surface area contributed by atoms with E-state index in [9.17, 15) is 4.79 Å². The number of hydrogen-bond donors (Lipinski definition) is 1. The molecule has 2 aromatic carbocycles. The average Bonchev–Trinajstić information content (AvgIpc) is 3.44. The number of imidazole rings is 2.